The first-order valence-corrected chi connectivity index (χ1v) is 7.71. The lowest BCUT2D eigenvalue weighted by Gasteiger charge is -2.35. The summed E-state index contributed by atoms with van der Waals surface area (Å²) >= 11 is 0. The Labute approximate surface area is 117 Å². The topological polar surface area (TPSA) is 52.6 Å². The van der Waals surface area contributed by atoms with E-state index in [1.54, 1.807) is 0 Å². The predicted octanol–water partition coefficient (Wildman–Crippen LogP) is 1.63. The molecule has 0 bridgehead atoms. The maximum absolute atomic E-state index is 12.1. The summed E-state index contributed by atoms with van der Waals surface area (Å²) in [6.45, 7) is 8.86. The molecular weight excluding hydrogens is 240 g/mol. The van der Waals surface area contributed by atoms with Crippen LogP contribution in [0.5, 0.6) is 0 Å². The van der Waals surface area contributed by atoms with Gasteiger partial charge in [-0.3, -0.25) is 9.69 Å². The van der Waals surface area contributed by atoms with Crippen LogP contribution in [0, 0.1) is 11.8 Å². The van der Waals surface area contributed by atoms with Gasteiger partial charge >= 0.3 is 0 Å². The van der Waals surface area contributed by atoms with E-state index < -0.39 is 0 Å². The number of amides is 1. The Morgan fingerprint density at radius 2 is 2.11 bits per heavy atom. The Bertz CT molecular complexity index is 271. The van der Waals surface area contributed by atoms with Gasteiger partial charge in [0.2, 0.25) is 5.91 Å². The average molecular weight is 270 g/mol. The van der Waals surface area contributed by atoms with E-state index >= 15 is 0 Å². The van der Waals surface area contributed by atoms with Crippen molar-refractivity contribution in [1.82, 2.24) is 10.2 Å². The molecule has 1 amide bonds. The van der Waals surface area contributed by atoms with Crippen LogP contribution in [0.1, 0.15) is 46.5 Å². The predicted molar refractivity (Wildman–Crippen MR) is 77.9 cm³/mol. The minimum Gasteiger partial charge on any atom is -0.396 e. The Morgan fingerprint density at radius 3 is 2.74 bits per heavy atom. The van der Waals surface area contributed by atoms with E-state index in [1.807, 2.05) is 0 Å². The van der Waals surface area contributed by atoms with Gasteiger partial charge in [0, 0.05) is 19.2 Å². The number of carbonyl (C=O) groups excluding carboxylic acids is 1. The molecule has 0 radical (unpaired) electrons. The molecule has 3 atom stereocenters. The van der Waals surface area contributed by atoms with Gasteiger partial charge in [-0.25, -0.2) is 0 Å². The highest BCUT2D eigenvalue weighted by molar-refractivity contribution is 5.78. The molecule has 0 spiro atoms. The van der Waals surface area contributed by atoms with Gasteiger partial charge in [0.05, 0.1) is 6.54 Å². The first-order valence-electron chi connectivity index (χ1n) is 7.71. The smallest absolute Gasteiger partial charge is 0.234 e. The summed E-state index contributed by atoms with van der Waals surface area (Å²) < 4.78 is 0. The molecule has 4 heteroatoms. The van der Waals surface area contributed by atoms with E-state index in [0.717, 1.165) is 25.9 Å². The largest absolute Gasteiger partial charge is 0.396 e. The van der Waals surface area contributed by atoms with Gasteiger partial charge in [0.15, 0.2) is 0 Å². The van der Waals surface area contributed by atoms with Crippen molar-refractivity contribution in [2.45, 2.75) is 52.5 Å². The van der Waals surface area contributed by atoms with Crippen LogP contribution in [-0.4, -0.2) is 48.2 Å². The normalized spacial score (nSPS) is 27.5. The third-order valence-electron chi connectivity index (χ3n) is 4.50. The van der Waals surface area contributed by atoms with Crippen molar-refractivity contribution in [2.75, 3.05) is 26.2 Å². The molecule has 19 heavy (non-hydrogen) atoms. The number of likely N-dealkylation sites (N-methyl/N-ethyl adjacent to an activating group) is 1. The molecule has 1 rings (SSSR count). The van der Waals surface area contributed by atoms with Crippen molar-refractivity contribution in [3.63, 3.8) is 0 Å². The summed E-state index contributed by atoms with van der Waals surface area (Å²) in [6, 6.07) is 0.341. The molecule has 1 saturated carbocycles. The number of hydrogen-bond donors (Lipinski definition) is 2. The Kier molecular flexibility index (Phi) is 7.39. The van der Waals surface area contributed by atoms with E-state index in [2.05, 4.69) is 31.0 Å². The Hall–Kier alpha value is -0.610. The quantitative estimate of drug-likeness (QED) is 0.739. The lowest BCUT2D eigenvalue weighted by molar-refractivity contribution is -0.123. The molecule has 0 saturated heterocycles. The van der Waals surface area contributed by atoms with Gasteiger partial charge in [0.25, 0.3) is 0 Å². The summed E-state index contributed by atoms with van der Waals surface area (Å²) in [5.74, 6) is 1.41. The molecule has 0 heterocycles. The van der Waals surface area contributed by atoms with Gasteiger partial charge < -0.3 is 10.4 Å². The molecule has 0 aromatic rings. The molecule has 4 nitrogen and oxygen atoms in total. The highest BCUT2D eigenvalue weighted by Crippen LogP contribution is 2.29. The average Bonchev–Trinajstić information content (AvgIpc) is 2.40. The van der Waals surface area contributed by atoms with E-state index in [4.69, 9.17) is 5.11 Å². The standard InChI is InChI=1S/C15H30N2O2/c1-4-17(9-6-10-18)11-15(19)16-14-8-5-7-12(2)13(14)3/h12-14,18H,4-11H2,1-3H3,(H,16,19). The van der Waals surface area contributed by atoms with Crippen LogP contribution in [0.15, 0.2) is 0 Å². The van der Waals surface area contributed by atoms with Crippen LogP contribution >= 0.6 is 0 Å². The second kappa shape index (κ2) is 8.54. The molecule has 2 N–H and O–H groups in total. The zero-order chi connectivity index (χ0) is 14.3. The third kappa shape index (κ3) is 5.49. The summed E-state index contributed by atoms with van der Waals surface area (Å²) in [5.41, 5.74) is 0. The minimum atomic E-state index is 0.130. The van der Waals surface area contributed by atoms with Gasteiger partial charge in [-0.15, -0.1) is 0 Å². The zero-order valence-corrected chi connectivity index (χ0v) is 12.7. The number of carbonyl (C=O) groups is 1. The maximum Gasteiger partial charge on any atom is 0.234 e. The summed E-state index contributed by atoms with van der Waals surface area (Å²) in [6.07, 6.45) is 4.35. The van der Waals surface area contributed by atoms with Gasteiger partial charge in [-0.05, 0) is 31.2 Å². The number of nitrogens with zero attached hydrogens (tertiary/aromatic N) is 1. The first kappa shape index (κ1) is 16.4. The van der Waals surface area contributed by atoms with Crippen LogP contribution in [0.4, 0.5) is 0 Å². The molecule has 1 fully saturated rings. The minimum absolute atomic E-state index is 0.130. The monoisotopic (exact) mass is 270 g/mol. The van der Waals surface area contributed by atoms with Crippen molar-refractivity contribution in [3.05, 3.63) is 0 Å². The SMILES string of the molecule is CCN(CCCO)CC(=O)NC1CCCC(C)C1C. The number of nitrogens with one attached hydrogen (secondary N) is 1. The number of aliphatic hydroxyl groups excluding tert-OH is 1. The molecule has 0 aromatic carbocycles. The van der Waals surface area contributed by atoms with Gasteiger partial charge in [0.1, 0.15) is 0 Å². The lowest BCUT2D eigenvalue weighted by Crippen LogP contribution is -2.47. The third-order valence-corrected chi connectivity index (χ3v) is 4.50. The van der Waals surface area contributed by atoms with Gasteiger partial charge in [-0.1, -0.05) is 33.6 Å². The van der Waals surface area contributed by atoms with Crippen molar-refractivity contribution in [3.8, 4) is 0 Å². The number of hydrogen-bond acceptors (Lipinski definition) is 3. The Morgan fingerprint density at radius 1 is 1.37 bits per heavy atom. The van der Waals surface area contributed by atoms with Crippen molar-refractivity contribution >= 4 is 5.91 Å². The fourth-order valence-corrected chi connectivity index (χ4v) is 2.88. The highest BCUT2D eigenvalue weighted by Gasteiger charge is 2.28. The van der Waals surface area contributed by atoms with E-state index in [-0.39, 0.29) is 12.5 Å². The van der Waals surface area contributed by atoms with Crippen LogP contribution in [-0.2, 0) is 4.79 Å². The molecule has 3 unspecified atom stereocenters. The van der Waals surface area contributed by atoms with Gasteiger partial charge in [-0.2, -0.15) is 0 Å². The maximum atomic E-state index is 12.1. The molecule has 1 aliphatic rings. The van der Waals surface area contributed by atoms with Crippen molar-refractivity contribution in [1.29, 1.82) is 0 Å². The summed E-state index contributed by atoms with van der Waals surface area (Å²) in [7, 11) is 0. The summed E-state index contributed by atoms with van der Waals surface area (Å²) in [5, 5.41) is 12.0. The molecule has 0 aliphatic heterocycles. The first-order chi connectivity index (χ1) is 9.08. The lowest BCUT2D eigenvalue weighted by atomic mass is 9.78. The molecule has 112 valence electrons. The molecule has 0 aromatic heterocycles. The summed E-state index contributed by atoms with van der Waals surface area (Å²) in [4.78, 5) is 14.2. The second-order valence-electron chi connectivity index (χ2n) is 5.89. The molecular formula is C15H30N2O2. The zero-order valence-electron chi connectivity index (χ0n) is 12.7. The van der Waals surface area contributed by atoms with E-state index in [0.29, 0.717) is 24.4 Å². The fraction of sp³-hybridized carbons (Fsp3) is 0.933. The van der Waals surface area contributed by atoms with Crippen LogP contribution in [0.3, 0.4) is 0 Å². The number of aliphatic hydroxyl groups is 1. The Balaban J connectivity index is 2.36. The van der Waals surface area contributed by atoms with Crippen molar-refractivity contribution in [2.24, 2.45) is 11.8 Å². The number of rotatable bonds is 7. The van der Waals surface area contributed by atoms with Crippen LogP contribution in [0.25, 0.3) is 0 Å². The highest BCUT2D eigenvalue weighted by atomic mass is 16.3. The van der Waals surface area contributed by atoms with E-state index in [9.17, 15) is 4.79 Å². The van der Waals surface area contributed by atoms with Crippen molar-refractivity contribution < 1.29 is 9.90 Å². The van der Waals surface area contributed by atoms with Crippen LogP contribution in [0.2, 0.25) is 0 Å². The second-order valence-corrected chi connectivity index (χ2v) is 5.89. The molecule has 1 aliphatic carbocycles. The fourth-order valence-electron chi connectivity index (χ4n) is 2.88. The van der Waals surface area contributed by atoms with E-state index in [1.165, 1.54) is 12.8 Å². The van der Waals surface area contributed by atoms with Crippen LogP contribution < -0.4 is 5.32 Å².